The molecule has 0 aromatic heterocycles. The molecule has 0 bridgehead atoms. The standard InChI is InChI=1S/C19H19F3N2S/c20-19(21,22)15-9-6-10-16(13-15)23-17(25)24-18(11-4-5-12-18)14-7-2-1-3-8-14/h1-3,6-10,13H,4-5,11-12H2,(H2,23,24,25). The molecule has 0 radical (unpaired) electrons. The molecule has 0 saturated heterocycles. The minimum Gasteiger partial charge on any atom is -0.353 e. The Hall–Kier alpha value is -2.08. The van der Waals surface area contributed by atoms with Gasteiger partial charge in [0.2, 0.25) is 0 Å². The number of rotatable bonds is 3. The molecule has 0 atom stereocenters. The van der Waals surface area contributed by atoms with Crippen molar-refractivity contribution in [1.82, 2.24) is 5.32 Å². The van der Waals surface area contributed by atoms with Crippen molar-refractivity contribution in [3.05, 3.63) is 65.7 Å². The molecule has 132 valence electrons. The predicted octanol–water partition coefficient (Wildman–Crippen LogP) is 5.46. The molecule has 0 unspecified atom stereocenters. The molecule has 1 saturated carbocycles. The molecule has 0 amide bonds. The third kappa shape index (κ3) is 4.12. The monoisotopic (exact) mass is 364 g/mol. The van der Waals surface area contributed by atoms with E-state index in [0.29, 0.717) is 10.8 Å². The van der Waals surface area contributed by atoms with Crippen LogP contribution in [0.15, 0.2) is 54.6 Å². The molecule has 25 heavy (non-hydrogen) atoms. The van der Waals surface area contributed by atoms with Crippen LogP contribution in [0.1, 0.15) is 36.8 Å². The first kappa shape index (κ1) is 17.7. The Labute approximate surface area is 150 Å². The number of hydrogen-bond donors (Lipinski definition) is 2. The Morgan fingerprint density at radius 1 is 0.960 bits per heavy atom. The van der Waals surface area contributed by atoms with Crippen molar-refractivity contribution >= 4 is 23.0 Å². The van der Waals surface area contributed by atoms with Gasteiger partial charge in [0.1, 0.15) is 0 Å². The van der Waals surface area contributed by atoms with Gasteiger partial charge in [0.05, 0.1) is 11.1 Å². The van der Waals surface area contributed by atoms with E-state index in [2.05, 4.69) is 22.8 Å². The van der Waals surface area contributed by atoms with Crippen LogP contribution in [-0.2, 0) is 11.7 Å². The highest BCUT2D eigenvalue weighted by molar-refractivity contribution is 7.80. The minimum atomic E-state index is -4.37. The second-order valence-electron chi connectivity index (χ2n) is 6.31. The van der Waals surface area contributed by atoms with E-state index in [9.17, 15) is 13.2 Å². The molecule has 2 aromatic rings. The van der Waals surface area contributed by atoms with Gasteiger partial charge in [-0.15, -0.1) is 0 Å². The maximum Gasteiger partial charge on any atom is 0.416 e. The lowest BCUT2D eigenvalue weighted by Gasteiger charge is -2.32. The first-order valence-corrected chi connectivity index (χ1v) is 8.62. The van der Waals surface area contributed by atoms with E-state index >= 15 is 0 Å². The maximum atomic E-state index is 12.8. The number of thiocarbonyl (C=S) groups is 1. The fourth-order valence-corrected chi connectivity index (χ4v) is 3.69. The quantitative estimate of drug-likeness (QED) is 0.707. The van der Waals surface area contributed by atoms with Crippen molar-refractivity contribution in [2.24, 2.45) is 0 Å². The van der Waals surface area contributed by atoms with Crippen molar-refractivity contribution in [3.63, 3.8) is 0 Å². The van der Waals surface area contributed by atoms with E-state index in [-0.39, 0.29) is 5.54 Å². The van der Waals surface area contributed by atoms with Crippen LogP contribution in [-0.4, -0.2) is 5.11 Å². The van der Waals surface area contributed by atoms with Crippen molar-refractivity contribution < 1.29 is 13.2 Å². The summed E-state index contributed by atoms with van der Waals surface area (Å²) in [4.78, 5) is 0. The first-order valence-electron chi connectivity index (χ1n) is 8.21. The second kappa shape index (κ2) is 7.04. The summed E-state index contributed by atoms with van der Waals surface area (Å²) in [5.74, 6) is 0. The Morgan fingerprint density at radius 3 is 2.28 bits per heavy atom. The van der Waals surface area contributed by atoms with Crippen molar-refractivity contribution in [3.8, 4) is 0 Å². The van der Waals surface area contributed by atoms with Gasteiger partial charge in [0.25, 0.3) is 0 Å². The Bertz CT molecular complexity index is 738. The van der Waals surface area contributed by atoms with Gasteiger partial charge in [-0.25, -0.2) is 0 Å². The number of benzene rings is 2. The van der Waals surface area contributed by atoms with E-state index in [1.807, 2.05) is 18.2 Å². The highest BCUT2D eigenvalue weighted by Crippen LogP contribution is 2.38. The molecule has 1 aliphatic rings. The third-order valence-electron chi connectivity index (χ3n) is 4.58. The molecule has 2 nitrogen and oxygen atoms in total. The highest BCUT2D eigenvalue weighted by Gasteiger charge is 2.36. The summed E-state index contributed by atoms with van der Waals surface area (Å²) in [5.41, 5.74) is 0.528. The number of anilines is 1. The number of nitrogens with one attached hydrogen (secondary N) is 2. The molecule has 2 aromatic carbocycles. The summed E-state index contributed by atoms with van der Waals surface area (Å²) < 4.78 is 38.5. The molecule has 0 spiro atoms. The zero-order valence-electron chi connectivity index (χ0n) is 13.6. The summed E-state index contributed by atoms with van der Waals surface area (Å²) in [6.07, 6.45) is -0.297. The van der Waals surface area contributed by atoms with E-state index in [1.54, 1.807) is 6.07 Å². The minimum absolute atomic E-state index is 0.257. The van der Waals surface area contributed by atoms with Crippen molar-refractivity contribution in [2.75, 3.05) is 5.32 Å². The van der Waals surface area contributed by atoms with Crippen LogP contribution in [0.2, 0.25) is 0 Å². The van der Waals surface area contributed by atoms with Crippen LogP contribution in [0.4, 0.5) is 18.9 Å². The lowest BCUT2D eigenvalue weighted by molar-refractivity contribution is -0.137. The van der Waals surface area contributed by atoms with Crippen molar-refractivity contribution in [1.29, 1.82) is 0 Å². The van der Waals surface area contributed by atoms with Crippen LogP contribution >= 0.6 is 12.2 Å². The fraction of sp³-hybridized carbons (Fsp3) is 0.316. The molecule has 0 aliphatic heterocycles. The SMILES string of the molecule is FC(F)(F)c1cccc(NC(=S)NC2(c3ccccc3)CCCC2)c1. The molecule has 3 rings (SSSR count). The summed E-state index contributed by atoms with van der Waals surface area (Å²) in [5, 5.41) is 6.59. The van der Waals surface area contributed by atoms with Gasteiger partial charge in [-0.3, -0.25) is 0 Å². The third-order valence-corrected chi connectivity index (χ3v) is 4.79. The Balaban J connectivity index is 1.75. The molecular formula is C19H19F3N2S. The Kier molecular flexibility index (Phi) is 4.99. The second-order valence-corrected chi connectivity index (χ2v) is 6.72. The van der Waals surface area contributed by atoms with Gasteiger partial charge in [-0.1, -0.05) is 49.2 Å². The van der Waals surface area contributed by atoms with E-state index < -0.39 is 11.7 Å². The summed E-state index contributed by atoms with van der Waals surface area (Å²) in [6.45, 7) is 0. The zero-order chi connectivity index (χ0) is 17.9. The van der Waals surface area contributed by atoms with E-state index in [0.717, 1.165) is 43.4 Å². The van der Waals surface area contributed by atoms with Crippen LogP contribution < -0.4 is 10.6 Å². The average Bonchev–Trinajstić information content (AvgIpc) is 3.04. The topological polar surface area (TPSA) is 24.1 Å². The fourth-order valence-electron chi connectivity index (χ4n) is 3.37. The normalized spacial score (nSPS) is 16.4. The van der Waals surface area contributed by atoms with Crippen LogP contribution in [0.3, 0.4) is 0 Å². The Morgan fingerprint density at radius 2 is 1.64 bits per heavy atom. The molecular weight excluding hydrogens is 345 g/mol. The maximum absolute atomic E-state index is 12.8. The smallest absolute Gasteiger partial charge is 0.353 e. The van der Waals surface area contributed by atoms with Gasteiger partial charge < -0.3 is 10.6 Å². The largest absolute Gasteiger partial charge is 0.416 e. The van der Waals surface area contributed by atoms with E-state index in [1.165, 1.54) is 6.07 Å². The number of halogens is 3. The first-order chi connectivity index (χ1) is 11.9. The molecule has 1 aliphatic carbocycles. The summed E-state index contributed by atoms with van der Waals surface area (Å²) in [7, 11) is 0. The van der Waals surface area contributed by atoms with Gasteiger partial charge >= 0.3 is 6.18 Å². The van der Waals surface area contributed by atoms with Gasteiger partial charge in [-0.2, -0.15) is 13.2 Å². The van der Waals surface area contributed by atoms with Crippen LogP contribution in [0.5, 0.6) is 0 Å². The highest BCUT2D eigenvalue weighted by atomic mass is 32.1. The average molecular weight is 364 g/mol. The molecule has 0 heterocycles. The van der Waals surface area contributed by atoms with E-state index in [4.69, 9.17) is 12.2 Å². The summed E-state index contributed by atoms with van der Waals surface area (Å²) in [6, 6.07) is 15.1. The van der Waals surface area contributed by atoms with Gasteiger partial charge in [-0.05, 0) is 48.8 Å². The lowest BCUT2D eigenvalue weighted by Crippen LogP contribution is -2.45. The van der Waals surface area contributed by atoms with Crippen LogP contribution in [0.25, 0.3) is 0 Å². The lowest BCUT2D eigenvalue weighted by atomic mass is 9.88. The molecule has 2 N–H and O–H groups in total. The van der Waals surface area contributed by atoms with Gasteiger partial charge in [0, 0.05) is 5.69 Å². The molecule has 6 heteroatoms. The number of alkyl halides is 3. The number of hydrogen-bond acceptors (Lipinski definition) is 1. The van der Waals surface area contributed by atoms with Gasteiger partial charge in [0.15, 0.2) is 5.11 Å². The summed E-state index contributed by atoms with van der Waals surface area (Å²) >= 11 is 5.38. The predicted molar refractivity (Wildman–Crippen MR) is 97.4 cm³/mol. The zero-order valence-corrected chi connectivity index (χ0v) is 14.4. The molecule has 1 fully saturated rings. The van der Waals surface area contributed by atoms with Crippen molar-refractivity contribution in [2.45, 2.75) is 37.4 Å². The van der Waals surface area contributed by atoms with Crippen LogP contribution in [0, 0.1) is 0 Å².